The maximum absolute atomic E-state index is 12.1. The predicted molar refractivity (Wildman–Crippen MR) is 72.2 cm³/mol. The topological polar surface area (TPSA) is 70.0 Å². The summed E-state index contributed by atoms with van der Waals surface area (Å²) in [5.41, 5.74) is 0.476. The second kappa shape index (κ2) is 5.16. The zero-order valence-corrected chi connectivity index (χ0v) is 11.3. The zero-order valence-electron chi connectivity index (χ0n) is 11.3. The minimum absolute atomic E-state index is 0.119. The Morgan fingerprint density at radius 1 is 1.20 bits per heavy atom. The number of rotatable bonds is 2. The van der Waals surface area contributed by atoms with E-state index in [1.54, 1.807) is 24.3 Å². The molecule has 2 saturated heterocycles. The fraction of sp³-hybridized carbons (Fsp3) is 0.533. The van der Waals surface area contributed by atoms with E-state index in [0.29, 0.717) is 18.4 Å². The Labute approximate surface area is 117 Å². The lowest BCUT2D eigenvalue weighted by molar-refractivity contribution is -0.0127. The summed E-state index contributed by atoms with van der Waals surface area (Å²) in [5.74, 6) is -0.426. The van der Waals surface area contributed by atoms with Crippen LogP contribution in [0.1, 0.15) is 23.2 Å². The van der Waals surface area contributed by atoms with Crippen molar-refractivity contribution in [3.8, 4) is 0 Å². The quantitative estimate of drug-likeness (QED) is 0.766. The summed E-state index contributed by atoms with van der Waals surface area (Å²) in [6.45, 7) is 0. The lowest BCUT2D eigenvalue weighted by Gasteiger charge is -2.34. The minimum Gasteiger partial charge on any atom is -0.454 e. The number of benzene rings is 1. The highest BCUT2D eigenvalue weighted by atomic mass is 16.6. The van der Waals surface area contributed by atoms with E-state index in [1.807, 2.05) is 18.0 Å². The Morgan fingerprint density at radius 3 is 2.55 bits per heavy atom. The highest BCUT2D eigenvalue weighted by molar-refractivity contribution is 5.89. The number of carbonyl (C=O) groups is 1. The van der Waals surface area contributed by atoms with Crippen LogP contribution in [0.2, 0.25) is 0 Å². The Morgan fingerprint density at radius 2 is 1.85 bits per heavy atom. The van der Waals surface area contributed by atoms with Gasteiger partial charge in [0.1, 0.15) is 12.2 Å². The summed E-state index contributed by atoms with van der Waals surface area (Å²) < 4.78 is 5.50. The Hall–Kier alpha value is -1.43. The Balaban J connectivity index is 1.76. The Bertz CT molecular complexity index is 492. The molecule has 1 aromatic rings. The van der Waals surface area contributed by atoms with Gasteiger partial charge in [0, 0.05) is 6.04 Å². The fourth-order valence-electron chi connectivity index (χ4n) is 3.34. The number of ether oxygens (including phenoxy) is 1. The number of likely N-dealkylation sites (N-methyl/N-ethyl adjacent to an activating group) is 1. The summed E-state index contributed by atoms with van der Waals surface area (Å²) in [7, 11) is 1.90. The molecule has 20 heavy (non-hydrogen) atoms. The largest absolute Gasteiger partial charge is 0.454 e. The first-order chi connectivity index (χ1) is 9.58. The second-order valence-electron chi connectivity index (χ2n) is 5.65. The molecular formula is C15H19NO4. The number of nitrogens with zero attached hydrogens (tertiary/aromatic N) is 1. The first-order valence-electron chi connectivity index (χ1n) is 6.92. The van der Waals surface area contributed by atoms with Crippen molar-refractivity contribution in [1.82, 2.24) is 4.90 Å². The molecule has 5 unspecified atom stereocenters. The average Bonchev–Trinajstić information content (AvgIpc) is 2.59. The Kier molecular flexibility index (Phi) is 3.50. The molecule has 5 nitrogen and oxygen atoms in total. The average molecular weight is 277 g/mol. The van der Waals surface area contributed by atoms with E-state index in [0.717, 1.165) is 0 Å². The molecule has 2 fully saturated rings. The highest BCUT2D eigenvalue weighted by Crippen LogP contribution is 2.36. The van der Waals surface area contributed by atoms with Crippen molar-refractivity contribution in [2.45, 2.75) is 43.2 Å². The minimum atomic E-state index is -0.741. The first kappa shape index (κ1) is 13.5. The van der Waals surface area contributed by atoms with Crippen LogP contribution in [0, 0.1) is 0 Å². The number of aliphatic hydroxyl groups excluding tert-OH is 2. The third-order valence-corrected chi connectivity index (χ3v) is 4.44. The molecule has 108 valence electrons. The molecule has 2 heterocycles. The highest BCUT2D eigenvalue weighted by Gasteiger charge is 2.52. The number of hydrogen-bond acceptors (Lipinski definition) is 5. The standard InChI is InChI=1S/C15H19NO4/c1-16-11-7-10(17)8-12(16)14(13(11)18)20-15(19)9-5-3-2-4-6-9/h2-6,10-14,17-18H,7-8H2,1H3. The molecule has 0 spiro atoms. The normalized spacial score (nSPS) is 36.9. The van der Waals surface area contributed by atoms with E-state index in [2.05, 4.69) is 0 Å². The molecule has 2 aliphatic heterocycles. The van der Waals surface area contributed by atoms with Gasteiger partial charge in [-0.1, -0.05) is 18.2 Å². The molecule has 0 aliphatic carbocycles. The van der Waals surface area contributed by atoms with Gasteiger partial charge in [0.05, 0.1) is 17.7 Å². The molecular weight excluding hydrogens is 258 g/mol. The molecule has 2 N–H and O–H groups in total. The van der Waals surface area contributed by atoms with Gasteiger partial charge < -0.3 is 14.9 Å². The molecule has 2 bridgehead atoms. The third-order valence-electron chi connectivity index (χ3n) is 4.44. The monoisotopic (exact) mass is 277 g/mol. The van der Waals surface area contributed by atoms with E-state index in [4.69, 9.17) is 4.74 Å². The van der Waals surface area contributed by atoms with Crippen LogP contribution in [0.3, 0.4) is 0 Å². The zero-order chi connectivity index (χ0) is 14.3. The lowest BCUT2D eigenvalue weighted by atomic mass is 10.0. The fourth-order valence-corrected chi connectivity index (χ4v) is 3.34. The van der Waals surface area contributed by atoms with Crippen LogP contribution in [-0.2, 0) is 4.74 Å². The summed E-state index contributed by atoms with van der Waals surface area (Å²) in [6.07, 6.45) is -0.703. The number of piperidine rings is 1. The van der Waals surface area contributed by atoms with E-state index >= 15 is 0 Å². The second-order valence-corrected chi connectivity index (χ2v) is 5.65. The third kappa shape index (κ3) is 2.22. The summed E-state index contributed by atoms with van der Waals surface area (Å²) in [6, 6.07) is 8.50. The van der Waals surface area contributed by atoms with Gasteiger partial charge in [-0.3, -0.25) is 4.90 Å². The van der Waals surface area contributed by atoms with Crippen LogP contribution < -0.4 is 0 Å². The van der Waals surface area contributed by atoms with Gasteiger partial charge in [-0.15, -0.1) is 0 Å². The van der Waals surface area contributed by atoms with Crippen LogP contribution in [0.5, 0.6) is 0 Å². The van der Waals surface area contributed by atoms with Gasteiger partial charge in [-0.05, 0) is 32.0 Å². The van der Waals surface area contributed by atoms with Gasteiger partial charge in [0.25, 0.3) is 0 Å². The number of fused-ring (bicyclic) bond motifs is 2. The van der Waals surface area contributed by atoms with E-state index in [-0.39, 0.29) is 12.1 Å². The molecule has 5 atom stereocenters. The van der Waals surface area contributed by atoms with Crippen molar-refractivity contribution in [2.24, 2.45) is 0 Å². The van der Waals surface area contributed by atoms with Crippen molar-refractivity contribution < 1.29 is 19.7 Å². The van der Waals surface area contributed by atoms with Crippen LogP contribution in [0.25, 0.3) is 0 Å². The van der Waals surface area contributed by atoms with Crippen LogP contribution in [0.4, 0.5) is 0 Å². The predicted octanol–water partition coefficient (Wildman–Crippen LogP) is 0.410. The molecule has 0 amide bonds. The van der Waals surface area contributed by atoms with Gasteiger partial charge in [-0.2, -0.15) is 0 Å². The molecule has 0 aromatic heterocycles. The van der Waals surface area contributed by atoms with Gasteiger partial charge in [0.15, 0.2) is 0 Å². The number of carbonyl (C=O) groups excluding carboxylic acids is 1. The van der Waals surface area contributed by atoms with Gasteiger partial charge in [0.2, 0.25) is 0 Å². The molecule has 5 heteroatoms. The van der Waals surface area contributed by atoms with Crippen molar-refractivity contribution in [3.05, 3.63) is 35.9 Å². The van der Waals surface area contributed by atoms with E-state index in [1.165, 1.54) is 0 Å². The molecule has 0 saturated carbocycles. The lowest BCUT2D eigenvalue weighted by Crippen LogP contribution is -2.45. The summed E-state index contributed by atoms with van der Waals surface area (Å²) in [5, 5.41) is 20.1. The van der Waals surface area contributed by atoms with Crippen LogP contribution in [0.15, 0.2) is 30.3 Å². The van der Waals surface area contributed by atoms with E-state index in [9.17, 15) is 15.0 Å². The van der Waals surface area contributed by atoms with Crippen molar-refractivity contribution in [2.75, 3.05) is 7.05 Å². The first-order valence-corrected chi connectivity index (χ1v) is 6.92. The number of hydrogen-bond donors (Lipinski definition) is 2. The number of esters is 1. The van der Waals surface area contributed by atoms with Gasteiger partial charge in [-0.25, -0.2) is 4.79 Å². The van der Waals surface area contributed by atoms with Crippen molar-refractivity contribution >= 4 is 5.97 Å². The molecule has 0 radical (unpaired) electrons. The van der Waals surface area contributed by atoms with Crippen LogP contribution in [-0.4, -0.2) is 58.5 Å². The molecule has 3 rings (SSSR count). The molecule has 1 aromatic carbocycles. The molecule has 2 aliphatic rings. The van der Waals surface area contributed by atoms with E-state index < -0.39 is 24.3 Å². The van der Waals surface area contributed by atoms with Crippen molar-refractivity contribution in [1.29, 1.82) is 0 Å². The van der Waals surface area contributed by atoms with Crippen LogP contribution >= 0.6 is 0 Å². The summed E-state index contributed by atoms with van der Waals surface area (Å²) >= 11 is 0. The SMILES string of the molecule is CN1C2CC(O)CC1C(OC(=O)c1ccccc1)C2O. The smallest absolute Gasteiger partial charge is 0.338 e. The van der Waals surface area contributed by atoms with Crippen molar-refractivity contribution in [3.63, 3.8) is 0 Å². The maximum atomic E-state index is 12.1. The number of aliphatic hydroxyl groups is 2. The van der Waals surface area contributed by atoms with Gasteiger partial charge >= 0.3 is 5.97 Å². The maximum Gasteiger partial charge on any atom is 0.338 e. The summed E-state index contributed by atoms with van der Waals surface area (Å²) in [4.78, 5) is 14.1.